The maximum absolute atomic E-state index is 13.3. The second kappa shape index (κ2) is 13.5. The number of rotatable bonds is 11. The minimum atomic E-state index is -1.03. The van der Waals surface area contributed by atoms with Crippen LogP contribution < -0.4 is 15.4 Å². The summed E-state index contributed by atoms with van der Waals surface area (Å²) in [6, 6.07) is 19.8. The average molecular weight is 492 g/mol. The Hall–Kier alpha value is -4.40. The summed E-state index contributed by atoms with van der Waals surface area (Å²) in [5, 5.41) is 5.32. The molecule has 2 aromatic carbocycles. The molecule has 9 nitrogen and oxygen atoms in total. The van der Waals surface area contributed by atoms with Gasteiger partial charge in [-0.3, -0.25) is 4.79 Å². The second-order valence-corrected chi connectivity index (χ2v) is 7.91. The van der Waals surface area contributed by atoms with E-state index in [-0.39, 0.29) is 19.4 Å². The molecule has 0 bridgehead atoms. The van der Waals surface area contributed by atoms with Gasteiger partial charge in [0.25, 0.3) is 0 Å². The Morgan fingerprint density at radius 3 is 2.11 bits per heavy atom. The number of nitrogens with zero attached hydrogens (tertiary/aromatic N) is 1. The minimum absolute atomic E-state index is 0.0535. The number of carbonyl (C=O) groups excluding carboxylic acids is 3. The van der Waals surface area contributed by atoms with Crippen LogP contribution in [0.15, 0.2) is 79.0 Å². The van der Waals surface area contributed by atoms with Crippen LogP contribution in [0.4, 0.5) is 4.79 Å². The van der Waals surface area contributed by atoms with Crippen molar-refractivity contribution >= 4 is 18.0 Å². The maximum atomic E-state index is 13.3. The van der Waals surface area contributed by atoms with Gasteiger partial charge in [-0.15, -0.1) is 0 Å². The third-order valence-electron chi connectivity index (χ3n) is 5.37. The van der Waals surface area contributed by atoms with Crippen molar-refractivity contribution in [3.05, 3.63) is 95.7 Å². The summed E-state index contributed by atoms with van der Waals surface area (Å²) in [7, 11) is 2.71. The van der Waals surface area contributed by atoms with Gasteiger partial charge in [-0.25, -0.2) is 14.6 Å². The number of hydrogen-bond acceptors (Lipinski definition) is 7. The van der Waals surface area contributed by atoms with E-state index >= 15 is 0 Å². The van der Waals surface area contributed by atoms with Crippen LogP contribution in [0.1, 0.15) is 16.7 Å². The molecule has 0 unspecified atom stereocenters. The van der Waals surface area contributed by atoms with Crippen molar-refractivity contribution in [1.29, 1.82) is 0 Å². The topological polar surface area (TPSA) is 116 Å². The van der Waals surface area contributed by atoms with E-state index in [0.29, 0.717) is 11.4 Å². The summed E-state index contributed by atoms with van der Waals surface area (Å²) in [6.45, 7) is 0.0535. The van der Waals surface area contributed by atoms with Crippen LogP contribution in [-0.2, 0) is 38.5 Å². The molecular weight excluding hydrogens is 462 g/mol. The van der Waals surface area contributed by atoms with E-state index in [1.165, 1.54) is 14.2 Å². The van der Waals surface area contributed by atoms with Gasteiger partial charge in [0.2, 0.25) is 11.8 Å². The molecule has 0 saturated carbocycles. The van der Waals surface area contributed by atoms with Crippen molar-refractivity contribution in [2.75, 3.05) is 14.2 Å². The highest BCUT2D eigenvalue weighted by atomic mass is 16.5. The van der Waals surface area contributed by atoms with Gasteiger partial charge >= 0.3 is 12.1 Å². The first-order valence-electron chi connectivity index (χ1n) is 11.4. The summed E-state index contributed by atoms with van der Waals surface area (Å²) >= 11 is 0. The molecular formula is C27H29N3O6. The zero-order valence-electron chi connectivity index (χ0n) is 20.2. The van der Waals surface area contributed by atoms with Gasteiger partial charge in [-0.2, -0.15) is 0 Å². The molecule has 1 heterocycles. The lowest BCUT2D eigenvalue weighted by Gasteiger charge is -2.22. The van der Waals surface area contributed by atoms with E-state index in [9.17, 15) is 14.4 Å². The zero-order valence-corrected chi connectivity index (χ0v) is 20.2. The number of alkyl carbamates (subject to hydrolysis) is 1. The van der Waals surface area contributed by atoms with E-state index in [1.807, 2.05) is 60.7 Å². The summed E-state index contributed by atoms with van der Waals surface area (Å²) in [4.78, 5) is 42.5. The van der Waals surface area contributed by atoms with Crippen LogP contribution in [0, 0.1) is 0 Å². The van der Waals surface area contributed by atoms with E-state index in [1.54, 1.807) is 18.3 Å². The van der Waals surface area contributed by atoms with Crippen LogP contribution in [0.3, 0.4) is 0 Å². The first kappa shape index (κ1) is 26.2. The highest BCUT2D eigenvalue weighted by molar-refractivity contribution is 5.90. The zero-order chi connectivity index (χ0) is 25.8. The Labute approximate surface area is 209 Å². The molecule has 3 aromatic rings. The van der Waals surface area contributed by atoms with Crippen LogP contribution >= 0.6 is 0 Å². The van der Waals surface area contributed by atoms with Crippen molar-refractivity contribution in [3.63, 3.8) is 0 Å². The standard InChI is InChI=1S/C27H29N3O6/c1-34-25-21(14-9-15-28-25)17-23(26(32)35-2)29-24(31)22(16-19-10-5-3-6-11-19)30-27(33)36-18-20-12-7-4-8-13-20/h3-15,22-23H,16-18H2,1-2H3,(H,29,31)(H,30,33)/t22-,23+/m1/s1. The molecule has 0 radical (unpaired) electrons. The molecule has 36 heavy (non-hydrogen) atoms. The summed E-state index contributed by atoms with van der Waals surface area (Å²) in [5.74, 6) is -0.864. The van der Waals surface area contributed by atoms with E-state index < -0.39 is 30.1 Å². The van der Waals surface area contributed by atoms with Crippen molar-refractivity contribution in [1.82, 2.24) is 15.6 Å². The number of hydrogen-bond donors (Lipinski definition) is 2. The van der Waals surface area contributed by atoms with Crippen LogP contribution in [-0.4, -0.2) is 49.3 Å². The van der Waals surface area contributed by atoms with Gasteiger partial charge in [-0.05, 0) is 17.2 Å². The van der Waals surface area contributed by atoms with E-state index in [0.717, 1.165) is 11.1 Å². The third-order valence-corrected chi connectivity index (χ3v) is 5.37. The van der Waals surface area contributed by atoms with Gasteiger partial charge in [0.1, 0.15) is 18.7 Å². The fraction of sp³-hybridized carbons (Fsp3) is 0.259. The Morgan fingerprint density at radius 1 is 0.806 bits per heavy atom. The van der Waals surface area contributed by atoms with E-state index in [2.05, 4.69) is 15.6 Å². The third kappa shape index (κ3) is 7.83. The Kier molecular flexibility index (Phi) is 9.81. The van der Waals surface area contributed by atoms with Crippen molar-refractivity contribution in [3.8, 4) is 5.88 Å². The largest absolute Gasteiger partial charge is 0.481 e. The molecule has 9 heteroatoms. The van der Waals surface area contributed by atoms with Gasteiger partial charge in [0, 0.05) is 24.6 Å². The number of aromatic nitrogens is 1. The minimum Gasteiger partial charge on any atom is -0.481 e. The first-order chi connectivity index (χ1) is 17.5. The van der Waals surface area contributed by atoms with Crippen LogP contribution in [0.25, 0.3) is 0 Å². The lowest BCUT2D eigenvalue weighted by molar-refractivity contribution is -0.145. The highest BCUT2D eigenvalue weighted by Gasteiger charge is 2.29. The number of benzene rings is 2. The molecule has 0 saturated heterocycles. The van der Waals surface area contributed by atoms with Crippen LogP contribution in [0.5, 0.6) is 5.88 Å². The number of esters is 1. The molecule has 1 aromatic heterocycles. The van der Waals surface area contributed by atoms with Crippen molar-refractivity contribution in [2.24, 2.45) is 0 Å². The SMILES string of the molecule is COC(=O)[C@H](Cc1cccnc1OC)NC(=O)[C@@H](Cc1ccccc1)NC(=O)OCc1ccccc1. The Balaban J connectivity index is 1.74. The van der Waals surface area contributed by atoms with Gasteiger partial charge in [0.05, 0.1) is 14.2 Å². The van der Waals surface area contributed by atoms with Gasteiger partial charge in [0.15, 0.2) is 0 Å². The molecule has 0 fully saturated rings. The van der Waals surface area contributed by atoms with Crippen molar-refractivity contribution < 1.29 is 28.6 Å². The lowest BCUT2D eigenvalue weighted by atomic mass is 10.0. The summed E-state index contributed by atoms with van der Waals surface area (Å²) < 4.78 is 15.5. The maximum Gasteiger partial charge on any atom is 0.408 e. The average Bonchev–Trinajstić information content (AvgIpc) is 2.92. The van der Waals surface area contributed by atoms with Crippen molar-refractivity contribution in [2.45, 2.75) is 31.5 Å². The van der Waals surface area contributed by atoms with Crippen LogP contribution in [0.2, 0.25) is 0 Å². The second-order valence-electron chi connectivity index (χ2n) is 7.91. The lowest BCUT2D eigenvalue weighted by Crippen LogP contribution is -2.53. The predicted molar refractivity (Wildman–Crippen MR) is 132 cm³/mol. The molecule has 0 aliphatic carbocycles. The Bertz CT molecular complexity index is 1140. The molecule has 0 spiro atoms. The van der Waals surface area contributed by atoms with Gasteiger partial charge < -0.3 is 24.8 Å². The number of amides is 2. The Morgan fingerprint density at radius 2 is 1.47 bits per heavy atom. The molecule has 2 atom stereocenters. The number of carbonyl (C=O) groups is 3. The number of methoxy groups -OCH3 is 2. The fourth-order valence-corrected chi connectivity index (χ4v) is 3.56. The molecule has 0 aliphatic rings. The fourth-order valence-electron chi connectivity index (χ4n) is 3.56. The number of ether oxygens (including phenoxy) is 3. The number of pyridine rings is 1. The predicted octanol–water partition coefficient (Wildman–Crippen LogP) is 2.83. The summed E-state index contributed by atoms with van der Waals surface area (Å²) in [6.07, 6.45) is 1.09. The normalized spacial score (nSPS) is 12.1. The monoisotopic (exact) mass is 491 g/mol. The molecule has 188 valence electrons. The molecule has 2 N–H and O–H groups in total. The smallest absolute Gasteiger partial charge is 0.408 e. The molecule has 3 rings (SSSR count). The molecule has 2 amide bonds. The van der Waals surface area contributed by atoms with E-state index in [4.69, 9.17) is 14.2 Å². The highest BCUT2D eigenvalue weighted by Crippen LogP contribution is 2.16. The summed E-state index contributed by atoms with van der Waals surface area (Å²) in [5.41, 5.74) is 2.25. The first-order valence-corrected chi connectivity index (χ1v) is 11.4. The number of nitrogens with one attached hydrogen (secondary N) is 2. The molecule has 0 aliphatic heterocycles. The quantitative estimate of drug-likeness (QED) is 0.396. The van der Waals surface area contributed by atoms with Gasteiger partial charge in [-0.1, -0.05) is 66.7 Å².